The minimum absolute atomic E-state index is 0.282. The van der Waals surface area contributed by atoms with E-state index in [1.807, 2.05) is 32.9 Å². The number of aromatic nitrogens is 2. The summed E-state index contributed by atoms with van der Waals surface area (Å²) in [5.74, 6) is 0. The molecule has 0 saturated heterocycles. The molecule has 0 unspecified atom stereocenters. The summed E-state index contributed by atoms with van der Waals surface area (Å²) in [6, 6.07) is 3.55. The first-order chi connectivity index (χ1) is 9.35. The Morgan fingerprint density at radius 2 is 2.10 bits per heavy atom. The standard InChI is InChI=1S/C14H18ClN3O2/c1-14(2,3)20-13(19)18-8-6-10(7-9-18)11-4-5-12(15)17-16-11/h4-6H,7-9H2,1-3H3. The van der Waals surface area contributed by atoms with Gasteiger partial charge in [0.2, 0.25) is 0 Å². The van der Waals surface area contributed by atoms with Crippen LogP contribution in [0.15, 0.2) is 18.2 Å². The van der Waals surface area contributed by atoms with Crippen LogP contribution in [0.3, 0.4) is 0 Å². The molecule has 0 spiro atoms. The summed E-state index contributed by atoms with van der Waals surface area (Å²) in [4.78, 5) is 13.6. The van der Waals surface area contributed by atoms with E-state index in [2.05, 4.69) is 10.2 Å². The third-order valence-electron chi connectivity index (χ3n) is 2.82. The van der Waals surface area contributed by atoms with Gasteiger partial charge in [-0.2, -0.15) is 0 Å². The number of hydrogen-bond acceptors (Lipinski definition) is 4. The van der Waals surface area contributed by atoms with Gasteiger partial charge in [0.05, 0.1) is 5.69 Å². The van der Waals surface area contributed by atoms with Crippen LogP contribution in [0.4, 0.5) is 4.79 Å². The molecule has 1 aromatic rings. The van der Waals surface area contributed by atoms with E-state index in [4.69, 9.17) is 16.3 Å². The number of hydrogen-bond donors (Lipinski definition) is 0. The zero-order valence-corrected chi connectivity index (χ0v) is 12.6. The largest absolute Gasteiger partial charge is 0.444 e. The molecule has 0 N–H and O–H groups in total. The molecule has 2 heterocycles. The first-order valence-electron chi connectivity index (χ1n) is 6.52. The second kappa shape index (κ2) is 5.79. The normalized spacial score (nSPS) is 15.8. The van der Waals surface area contributed by atoms with Crippen LogP contribution in [-0.4, -0.2) is 39.9 Å². The highest BCUT2D eigenvalue weighted by molar-refractivity contribution is 6.29. The molecule has 1 aliphatic rings. The van der Waals surface area contributed by atoms with Gasteiger partial charge in [-0.3, -0.25) is 0 Å². The maximum atomic E-state index is 11.9. The van der Waals surface area contributed by atoms with Gasteiger partial charge in [-0.15, -0.1) is 10.2 Å². The van der Waals surface area contributed by atoms with Gasteiger partial charge in [0.25, 0.3) is 0 Å². The zero-order valence-electron chi connectivity index (χ0n) is 11.9. The molecule has 6 heteroatoms. The van der Waals surface area contributed by atoms with Gasteiger partial charge >= 0.3 is 6.09 Å². The Balaban J connectivity index is 2.00. The summed E-state index contributed by atoms with van der Waals surface area (Å²) in [6.45, 7) is 6.72. The van der Waals surface area contributed by atoms with Crippen molar-refractivity contribution < 1.29 is 9.53 Å². The van der Waals surface area contributed by atoms with Crippen LogP contribution in [0.1, 0.15) is 32.9 Å². The number of nitrogens with zero attached hydrogens (tertiary/aromatic N) is 3. The molecule has 0 saturated carbocycles. The van der Waals surface area contributed by atoms with Crippen LogP contribution in [0, 0.1) is 0 Å². The molecule has 0 aromatic carbocycles. The van der Waals surface area contributed by atoms with Gasteiger partial charge in [-0.1, -0.05) is 17.7 Å². The number of amides is 1. The molecule has 2 rings (SSSR count). The van der Waals surface area contributed by atoms with E-state index in [-0.39, 0.29) is 6.09 Å². The first-order valence-corrected chi connectivity index (χ1v) is 6.89. The van der Waals surface area contributed by atoms with E-state index < -0.39 is 5.60 Å². The van der Waals surface area contributed by atoms with Crippen LogP contribution < -0.4 is 0 Å². The molecule has 20 heavy (non-hydrogen) atoms. The SMILES string of the molecule is CC(C)(C)OC(=O)N1CC=C(c2ccc(Cl)nn2)CC1. The van der Waals surface area contributed by atoms with Crippen molar-refractivity contribution in [1.82, 2.24) is 15.1 Å². The number of carbonyl (C=O) groups is 1. The molecule has 108 valence electrons. The van der Waals surface area contributed by atoms with Crippen molar-refractivity contribution in [3.05, 3.63) is 29.1 Å². The topological polar surface area (TPSA) is 55.3 Å². The summed E-state index contributed by atoms with van der Waals surface area (Å²) in [5.41, 5.74) is 1.41. The van der Waals surface area contributed by atoms with Crippen molar-refractivity contribution in [3.63, 3.8) is 0 Å². The highest BCUT2D eigenvalue weighted by Crippen LogP contribution is 2.22. The first kappa shape index (κ1) is 14.8. The Kier molecular flexibility index (Phi) is 4.28. The van der Waals surface area contributed by atoms with Gasteiger partial charge in [0.1, 0.15) is 5.60 Å². The van der Waals surface area contributed by atoms with Crippen LogP contribution in [0.5, 0.6) is 0 Å². The molecule has 0 aliphatic carbocycles. The summed E-state index contributed by atoms with van der Waals surface area (Å²) < 4.78 is 5.35. The Morgan fingerprint density at radius 1 is 1.35 bits per heavy atom. The van der Waals surface area contributed by atoms with E-state index in [0.717, 1.165) is 17.7 Å². The van der Waals surface area contributed by atoms with E-state index >= 15 is 0 Å². The van der Waals surface area contributed by atoms with Crippen LogP contribution in [-0.2, 0) is 4.74 Å². The van der Waals surface area contributed by atoms with Crippen molar-refractivity contribution in [2.75, 3.05) is 13.1 Å². The zero-order chi connectivity index (χ0) is 14.8. The fourth-order valence-electron chi connectivity index (χ4n) is 1.88. The summed E-state index contributed by atoms with van der Waals surface area (Å²) in [6.07, 6.45) is 2.43. The molecule has 1 aromatic heterocycles. The summed E-state index contributed by atoms with van der Waals surface area (Å²) in [7, 11) is 0. The Bertz CT molecular complexity index is 520. The van der Waals surface area contributed by atoms with Gasteiger partial charge < -0.3 is 9.64 Å². The van der Waals surface area contributed by atoms with E-state index in [1.54, 1.807) is 11.0 Å². The third-order valence-corrected chi connectivity index (χ3v) is 3.02. The quantitative estimate of drug-likeness (QED) is 0.798. The molecular weight excluding hydrogens is 278 g/mol. The number of ether oxygens (including phenoxy) is 1. The molecular formula is C14H18ClN3O2. The van der Waals surface area contributed by atoms with Crippen LogP contribution in [0.25, 0.3) is 5.57 Å². The molecule has 0 bridgehead atoms. The molecule has 1 aliphatic heterocycles. The van der Waals surface area contributed by atoms with Gasteiger partial charge in [-0.05, 0) is 44.9 Å². The molecule has 0 atom stereocenters. The van der Waals surface area contributed by atoms with Crippen molar-refractivity contribution >= 4 is 23.3 Å². The number of rotatable bonds is 1. The van der Waals surface area contributed by atoms with Gasteiger partial charge in [0, 0.05) is 13.1 Å². The van der Waals surface area contributed by atoms with E-state index in [0.29, 0.717) is 18.2 Å². The van der Waals surface area contributed by atoms with E-state index in [1.165, 1.54) is 0 Å². The highest BCUT2D eigenvalue weighted by atomic mass is 35.5. The Morgan fingerprint density at radius 3 is 2.60 bits per heavy atom. The average molecular weight is 296 g/mol. The maximum Gasteiger partial charge on any atom is 0.410 e. The van der Waals surface area contributed by atoms with Crippen molar-refractivity contribution in [1.29, 1.82) is 0 Å². The monoisotopic (exact) mass is 295 g/mol. The van der Waals surface area contributed by atoms with Gasteiger partial charge in [-0.25, -0.2) is 4.79 Å². The maximum absolute atomic E-state index is 11.9. The van der Waals surface area contributed by atoms with E-state index in [9.17, 15) is 4.79 Å². The highest BCUT2D eigenvalue weighted by Gasteiger charge is 2.24. The Labute approximate surface area is 123 Å². The van der Waals surface area contributed by atoms with Gasteiger partial charge in [0.15, 0.2) is 5.15 Å². The minimum Gasteiger partial charge on any atom is -0.444 e. The fraction of sp³-hybridized carbons (Fsp3) is 0.500. The third kappa shape index (κ3) is 3.93. The summed E-state index contributed by atoms with van der Waals surface area (Å²) in [5, 5.41) is 8.25. The molecule has 5 nitrogen and oxygen atoms in total. The van der Waals surface area contributed by atoms with Crippen LogP contribution in [0.2, 0.25) is 5.15 Å². The predicted molar refractivity (Wildman–Crippen MR) is 77.4 cm³/mol. The second-order valence-electron chi connectivity index (χ2n) is 5.65. The lowest BCUT2D eigenvalue weighted by molar-refractivity contribution is 0.0270. The minimum atomic E-state index is -0.470. The van der Waals surface area contributed by atoms with Crippen molar-refractivity contribution in [3.8, 4) is 0 Å². The second-order valence-corrected chi connectivity index (χ2v) is 6.03. The average Bonchev–Trinajstić information content (AvgIpc) is 2.38. The van der Waals surface area contributed by atoms with Crippen molar-refractivity contribution in [2.45, 2.75) is 32.8 Å². The summed E-state index contributed by atoms with van der Waals surface area (Å²) >= 11 is 5.71. The lowest BCUT2D eigenvalue weighted by Crippen LogP contribution is -2.39. The molecule has 0 radical (unpaired) electrons. The lowest BCUT2D eigenvalue weighted by Gasteiger charge is -2.29. The number of halogens is 1. The predicted octanol–water partition coefficient (Wildman–Crippen LogP) is 3.15. The number of carbonyl (C=O) groups excluding carboxylic acids is 1. The molecule has 1 amide bonds. The van der Waals surface area contributed by atoms with Crippen LogP contribution >= 0.6 is 11.6 Å². The Hall–Kier alpha value is -1.62. The molecule has 0 fully saturated rings. The smallest absolute Gasteiger partial charge is 0.410 e. The van der Waals surface area contributed by atoms with Crippen molar-refractivity contribution in [2.24, 2.45) is 0 Å². The fourth-order valence-corrected chi connectivity index (χ4v) is 1.98. The lowest BCUT2D eigenvalue weighted by atomic mass is 10.1.